The standard InChI is InChI=1S/C20H20N5O6P/c1-11-7-12(3-5-15(11)19-21-23-24(2)22-19)13-4-6-16-14(8-13)9-17-18(10-30-32(27,28)29)31-20(26)25(16)17/h3-8,17-18H,9-10H2,1-2H3,(H2,27,28,29). The first kappa shape index (κ1) is 20.8. The van der Waals surface area contributed by atoms with Crippen LogP contribution in [0.4, 0.5) is 10.5 Å². The molecule has 3 heterocycles. The maximum absolute atomic E-state index is 12.4. The van der Waals surface area contributed by atoms with Crippen molar-refractivity contribution < 1.29 is 28.4 Å². The van der Waals surface area contributed by atoms with E-state index in [0.717, 1.165) is 33.5 Å². The highest BCUT2D eigenvalue weighted by atomic mass is 31.2. The molecule has 0 bridgehead atoms. The molecule has 0 saturated carbocycles. The summed E-state index contributed by atoms with van der Waals surface area (Å²) in [5.74, 6) is 0.563. The highest BCUT2D eigenvalue weighted by Crippen LogP contribution is 2.43. The van der Waals surface area contributed by atoms with Crippen LogP contribution in [0.1, 0.15) is 11.1 Å². The molecular weight excluding hydrogens is 437 g/mol. The van der Waals surface area contributed by atoms with Crippen molar-refractivity contribution in [2.24, 2.45) is 7.05 Å². The van der Waals surface area contributed by atoms with E-state index < -0.39 is 20.0 Å². The van der Waals surface area contributed by atoms with Crippen molar-refractivity contribution in [3.8, 4) is 22.5 Å². The van der Waals surface area contributed by atoms with Crippen LogP contribution in [0.25, 0.3) is 22.5 Å². The maximum atomic E-state index is 12.4. The van der Waals surface area contributed by atoms with E-state index in [1.165, 1.54) is 9.70 Å². The summed E-state index contributed by atoms with van der Waals surface area (Å²) in [6.45, 7) is 1.62. The molecular formula is C20H20N5O6P. The van der Waals surface area contributed by atoms with Crippen molar-refractivity contribution in [1.29, 1.82) is 0 Å². The Kier molecular flexibility index (Phi) is 4.86. The molecule has 166 valence electrons. The lowest BCUT2D eigenvalue weighted by Gasteiger charge is -2.16. The second kappa shape index (κ2) is 7.49. The first-order chi connectivity index (χ1) is 15.2. The summed E-state index contributed by atoms with van der Waals surface area (Å²) in [5, 5.41) is 12.2. The molecule has 1 amide bonds. The van der Waals surface area contributed by atoms with Gasteiger partial charge < -0.3 is 14.5 Å². The van der Waals surface area contributed by atoms with E-state index in [-0.39, 0.29) is 12.6 Å². The molecule has 1 aromatic heterocycles. The van der Waals surface area contributed by atoms with Gasteiger partial charge in [0.15, 0.2) is 0 Å². The fourth-order valence-electron chi connectivity index (χ4n) is 4.26. The Morgan fingerprint density at radius 2 is 1.97 bits per heavy atom. The number of carbonyl (C=O) groups excluding carboxylic acids is 1. The van der Waals surface area contributed by atoms with Crippen LogP contribution in [0.15, 0.2) is 36.4 Å². The van der Waals surface area contributed by atoms with Crippen LogP contribution in [0, 0.1) is 6.92 Å². The van der Waals surface area contributed by atoms with E-state index in [0.29, 0.717) is 12.2 Å². The molecule has 2 unspecified atom stereocenters. The number of hydrogen-bond acceptors (Lipinski definition) is 7. The number of hydrogen-bond donors (Lipinski definition) is 2. The molecule has 2 atom stereocenters. The van der Waals surface area contributed by atoms with Crippen LogP contribution in [-0.4, -0.2) is 54.8 Å². The molecule has 1 saturated heterocycles. The van der Waals surface area contributed by atoms with Crippen molar-refractivity contribution in [2.75, 3.05) is 11.5 Å². The first-order valence-electron chi connectivity index (χ1n) is 9.88. The number of ether oxygens (including phenoxy) is 1. The van der Waals surface area contributed by atoms with Crippen LogP contribution in [0.2, 0.25) is 0 Å². The SMILES string of the molecule is Cc1cc(-c2ccc3c(c2)CC2C(COP(=O)(O)O)OC(=O)N32)ccc1-c1nnn(C)n1. The van der Waals surface area contributed by atoms with Gasteiger partial charge in [-0.05, 0) is 52.9 Å². The number of fused-ring (bicyclic) bond motifs is 3. The molecule has 2 aliphatic heterocycles. The number of amides is 1. The predicted molar refractivity (Wildman–Crippen MR) is 113 cm³/mol. The molecule has 0 aliphatic carbocycles. The number of tetrazole rings is 1. The number of anilines is 1. The summed E-state index contributed by atoms with van der Waals surface area (Å²) in [4.78, 5) is 33.2. The smallest absolute Gasteiger partial charge is 0.441 e. The third-order valence-electron chi connectivity index (χ3n) is 5.69. The van der Waals surface area contributed by atoms with Crippen LogP contribution in [0.3, 0.4) is 0 Å². The quantitative estimate of drug-likeness (QED) is 0.552. The molecule has 2 N–H and O–H groups in total. The number of phosphoric ester groups is 1. The van der Waals surface area contributed by atoms with E-state index in [9.17, 15) is 9.36 Å². The predicted octanol–water partition coefficient (Wildman–Crippen LogP) is 2.21. The maximum Gasteiger partial charge on any atom is 0.469 e. The third kappa shape index (κ3) is 3.69. The van der Waals surface area contributed by atoms with Crippen LogP contribution in [-0.2, 0) is 27.3 Å². The lowest BCUT2D eigenvalue weighted by atomic mass is 9.97. The van der Waals surface area contributed by atoms with E-state index in [1.807, 2.05) is 37.3 Å². The van der Waals surface area contributed by atoms with Gasteiger partial charge in [0.2, 0.25) is 5.82 Å². The van der Waals surface area contributed by atoms with Gasteiger partial charge in [-0.1, -0.05) is 24.3 Å². The molecule has 11 nitrogen and oxygen atoms in total. The number of rotatable bonds is 5. The van der Waals surface area contributed by atoms with Gasteiger partial charge in [0.25, 0.3) is 0 Å². The van der Waals surface area contributed by atoms with Gasteiger partial charge >= 0.3 is 13.9 Å². The number of nitrogens with zero attached hydrogens (tertiary/aromatic N) is 5. The molecule has 12 heteroatoms. The van der Waals surface area contributed by atoms with Gasteiger partial charge in [-0.3, -0.25) is 9.42 Å². The Morgan fingerprint density at radius 1 is 1.22 bits per heavy atom. The van der Waals surface area contributed by atoms with Crippen molar-refractivity contribution in [2.45, 2.75) is 25.5 Å². The molecule has 0 spiro atoms. The Morgan fingerprint density at radius 3 is 2.66 bits per heavy atom. The van der Waals surface area contributed by atoms with Gasteiger partial charge in [0.05, 0.1) is 25.4 Å². The highest BCUT2D eigenvalue weighted by Gasteiger charge is 2.48. The average Bonchev–Trinajstić information content (AvgIpc) is 3.40. The largest absolute Gasteiger partial charge is 0.469 e. The molecule has 3 aromatic rings. The van der Waals surface area contributed by atoms with E-state index in [4.69, 9.17) is 14.5 Å². The number of aryl methyl sites for hydroxylation is 2. The summed E-state index contributed by atoms with van der Waals surface area (Å²) in [6, 6.07) is 11.5. The normalized spacial score (nSPS) is 19.8. The lowest BCUT2D eigenvalue weighted by Crippen LogP contribution is -2.35. The van der Waals surface area contributed by atoms with Crippen molar-refractivity contribution in [3.63, 3.8) is 0 Å². The van der Waals surface area contributed by atoms with Crippen molar-refractivity contribution in [1.82, 2.24) is 20.2 Å². The van der Waals surface area contributed by atoms with Gasteiger partial charge in [-0.2, -0.15) is 4.80 Å². The Labute approximate surface area is 182 Å². The Hall–Kier alpha value is -3.11. The second-order valence-electron chi connectivity index (χ2n) is 7.83. The number of phosphoric acid groups is 1. The van der Waals surface area contributed by atoms with E-state index in [2.05, 4.69) is 26.0 Å². The van der Waals surface area contributed by atoms with Crippen molar-refractivity contribution >= 4 is 19.6 Å². The monoisotopic (exact) mass is 457 g/mol. The summed E-state index contributed by atoms with van der Waals surface area (Å²) in [5.41, 5.74) is 5.60. The average molecular weight is 457 g/mol. The summed E-state index contributed by atoms with van der Waals surface area (Å²) in [6.07, 6.45) is -0.797. The zero-order chi connectivity index (χ0) is 22.6. The van der Waals surface area contributed by atoms with Crippen LogP contribution >= 0.6 is 7.82 Å². The fraction of sp³-hybridized carbons (Fsp3) is 0.300. The van der Waals surface area contributed by atoms with Gasteiger partial charge in [0, 0.05) is 5.56 Å². The molecule has 1 fully saturated rings. The van der Waals surface area contributed by atoms with Gasteiger partial charge in [0.1, 0.15) is 6.10 Å². The number of benzene rings is 2. The Bertz CT molecular complexity index is 1270. The Balaban J connectivity index is 1.40. The minimum Gasteiger partial charge on any atom is -0.441 e. The third-order valence-corrected chi connectivity index (χ3v) is 6.18. The minimum atomic E-state index is -4.65. The number of carbonyl (C=O) groups is 1. The van der Waals surface area contributed by atoms with Gasteiger partial charge in [-0.25, -0.2) is 9.36 Å². The molecule has 2 aliphatic rings. The highest BCUT2D eigenvalue weighted by molar-refractivity contribution is 7.46. The number of cyclic esters (lactones) is 1. The summed E-state index contributed by atoms with van der Waals surface area (Å²) < 4.78 is 20.9. The molecule has 32 heavy (non-hydrogen) atoms. The van der Waals surface area contributed by atoms with Crippen LogP contribution < -0.4 is 4.90 Å². The molecule has 0 radical (unpaired) electrons. The summed E-state index contributed by atoms with van der Waals surface area (Å²) in [7, 11) is -2.93. The first-order valence-corrected chi connectivity index (χ1v) is 11.4. The second-order valence-corrected chi connectivity index (χ2v) is 9.07. The van der Waals surface area contributed by atoms with E-state index >= 15 is 0 Å². The van der Waals surface area contributed by atoms with Gasteiger partial charge in [-0.15, -0.1) is 10.2 Å². The topological polar surface area (TPSA) is 140 Å². The van der Waals surface area contributed by atoms with E-state index in [1.54, 1.807) is 7.05 Å². The van der Waals surface area contributed by atoms with Crippen molar-refractivity contribution in [3.05, 3.63) is 47.5 Å². The summed E-state index contributed by atoms with van der Waals surface area (Å²) >= 11 is 0. The fourth-order valence-corrected chi connectivity index (χ4v) is 4.60. The number of aromatic nitrogens is 4. The zero-order valence-corrected chi connectivity index (χ0v) is 18.1. The van der Waals surface area contributed by atoms with Crippen LogP contribution in [0.5, 0.6) is 0 Å². The lowest BCUT2D eigenvalue weighted by molar-refractivity contribution is 0.0761. The minimum absolute atomic E-state index is 0.366. The molecule has 5 rings (SSSR count). The molecule has 2 aromatic carbocycles. The zero-order valence-electron chi connectivity index (χ0n) is 17.2.